The highest BCUT2D eigenvalue weighted by molar-refractivity contribution is 14.1. The van der Waals surface area contributed by atoms with Crippen LogP contribution < -0.4 is 9.47 Å². The van der Waals surface area contributed by atoms with Gasteiger partial charge in [-0.2, -0.15) is 0 Å². The molecule has 1 aliphatic rings. The van der Waals surface area contributed by atoms with Gasteiger partial charge in [0.25, 0.3) is 0 Å². The third-order valence-corrected chi connectivity index (χ3v) is 3.57. The maximum absolute atomic E-state index is 5.64. The maximum Gasteiger partial charge on any atom is 0.188 e. The van der Waals surface area contributed by atoms with Crippen molar-refractivity contribution in [3.63, 3.8) is 0 Å². The molecule has 1 saturated carbocycles. The molecule has 4 heteroatoms. The number of halogens is 1. The molecule has 0 aromatic heterocycles. The highest BCUT2D eigenvalue weighted by atomic mass is 127. The lowest BCUT2D eigenvalue weighted by Crippen LogP contribution is -2.04. The topological polar surface area (TPSA) is 27.7 Å². The molecular formula is C12H15IO3. The summed E-state index contributed by atoms with van der Waals surface area (Å²) < 4.78 is 17.2. The second-order valence-electron chi connectivity index (χ2n) is 3.82. The van der Waals surface area contributed by atoms with E-state index in [4.69, 9.17) is 14.2 Å². The molecule has 0 bridgehead atoms. The van der Waals surface area contributed by atoms with Gasteiger partial charge in [0.2, 0.25) is 0 Å². The van der Waals surface area contributed by atoms with Crippen LogP contribution in [0.2, 0.25) is 0 Å². The lowest BCUT2D eigenvalue weighted by Gasteiger charge is -2.15. The van der Waals surface area contributed by atoms with Crippen molar-refractivity contribution in [2.75, 3.05) is 21.0 Å². The van der Waals surface area contributed by atoms with Crippen molar-refractivity contribution < 1.29 is 14.2 Å². The molecule has 16 heavy (non-hydrogen) atoms. The Balaban J connectivity index is 2.37. The van der Waals surface area contributed by atoms with Crippen LogP contribution in [-0.2, 0) is 4.74 Å². The van der Waals surface area contributed by atoms with E-state index in [0.29, 0.717) is 5.92 Å². The minimum absolute atomic E-state index is 0.260. The van der Waals surface area contributed by atoms with Crippen molar-refractivity contribution in [1.82, 2.24) is 0 Å². The standard InChI is InChI=1S/C12H15IO3/c1-14-7-16-12-10(15-2)6-5-9(13)11(12)8-3-4-8/h5-6,8H,3-4,7H2,1-2H3. The zero-order valence-corrected chi connectivity index (χ0v) is 11.6. The summed E-state index contributed by atoms with van der Waals surface area (Å²) in [4.78, 5) is 0. The first kappa shape index (κ1) is 12.0. The molecule has 1 aliphatic carbocycles. The van der Waals surface area contributed by atoms with E-state index in [9.17, 15) is 0 Å². The van der Waals surface area contributed by atoms with Crippen LogP contribution in [0, 0.1) is 3.57 Å². The quantitative estimate of drug-likeness (QED) is 0.612. The Morgan fingerprint density at radius 1 is 1.31 bits per heavy atom. The predicted molar refractivity (Wildman–Crippen MR) is 70.2 cm³/mol. The van der Waals surface area contributed by atoms with E-state index in [0.717, 1.165) is 11.5 Å². The Kier molecular flexibility index (Phi) is 3.91. The van der Waals surface area contributed by atoms with Crippen LogP contribution in [0.25, 0.3) is 0 Å². The predicted octanol–water partition coefficient (Wildman–Crippen LogP) is 3.16. The molecule has 1 fully saturated rings. The summed E-state index contributed by atoms with van der Waals surface area (Å²) in [6, 6.07) is 4.02. The Labute approximate surface area is 109 Å². The average molecular weight is 334 g/mol. The van der Waals surface area contributed by atoms with Gasteiger partial charge in [0.05, 0.1) is 7.11 Å². The molecule has 0 amide bonds. The monoisotopic (exact) mass is 334 g/mol. The number of hydrogen-bond donors (Lipinski definition) is 0. The van der Waals surface area contributed by atoms with Crippen molar-refractivity contribution in [2.45, 2.75) is 18.8 Å². The smallest absolute Gasteiger partial charge is 0.188 e. The van der Waals surface area contributed by atoms with Gasteiger partial charge in [-0.15, -0.1) is 0 Å². The number of benzene rings is 1. The summed E-state index contributed by atoms with van der Waals surface area (Å²) in [7, 11) is 3.29. The Morgan fingerprint density at radius 3 is 2.62 bits per heavy atom. The fraction of sp³-hybridized carbons (Fsp3) is 0.500. The van der Waals surface area contributed by atoms with Crippen LogP contribution in [0.1, 0.15) is 24.3 Å². The van der Waals surface area contributed by atoms with Crippen molar-refractivity contribution in [3.8, 4) is 11.5 Å². The molecule has 0 spiro atoms. The fourth-order valence-corrected chi connectivity index (χ4v) is 2.60. The summed E-state index contributed by atoms with van der Waals surface area (Å²) in [5.74, 6) is 2.27. The number of methoxy groups -OCH3 is 2. The van der Waals surface area contributed by atoms with Gasteiger partial charge in [-0.1, -0.05) is 0 Å². The van der Waals surface area contributed by atoms with E-state index >= 15 is 0 Å². The molecule has 88 valence electrons. The molecule has 1 aromatic rings. The maximum atomic E-state index is 5.64. The van der Waals surface area contributed by atoms with E-state index in [1.807, 2.05) is 6.07 Å². The second kappa shape index (κ2) is 5.23. The van der Waals surface area contributed by atoms with Crippen molar-refractivity contribution in [1.29, 1.82) is 0 Å². The molecule has 0 aliphatic heterocycles. The van der Waals surface area contributed by atoms with Crippen molar-refractivity contribution >= 4 is 22.6 Å². The second-order valence-corrected chi connectivity index (χ2v) is 4.98. The molecule has 0 saturated heterocycles. The van der Waals surface area contributed by atoms with E-state index in [-0.39, 0.29) is 6.79 Å². The van der Waals surface area contributed by atoms with E-state index in [1.54, 1.807) is 14.2 Å². The highest BCUT2D eigenvalue weighted by Crippen LogP contribution is 2.49. The minimum atomic E-state index is 0.260. The third-order valence-electron chi connectivity index (χ3n) is 2.63. The van der Waals surface area contributed by atoms with Crippen LogP contribution in [0.5, 0.6) is 11.5 Å². The summed E-state index contributed by atoms with van der Waals surface area (Å²) >= 11 is 2.35. The Bertz CT molecular complexity index is 375. The number of ether oxygens (including phenoxy) is 3. The van der Waals surface area contributed by atoms with Crippen LogP contribution in [0.3, 0.4) is 0 Å². The van der Waals surface area contributed by atoms with Crippen molar-refractivity contribution in [2.24, 2.45) is 0 Å². The Hall–Kier alpha value is -0.490. The summed E-state index contributed by atoms with van der Waals surface area (Å²) in [6.45, 7) is 0.260. The molecule has 2 rings (SSSR count). The van der Waals surface area contributed by atoms with Gasteiger partial charge < -0.3 is 14.2 Å². The first-order valence-electron chi connectivity index (χ1n) is 5.26. The lowest BCUT2D eigenvalue weighted by molar-refractivity contribution is 0.0483. The Morgan fingerprint density at radius 2 is 2.06 bits per heavy atom. The third kappa shape index (κ3) is 2.43. The normalized spacial score (nSPS) is 14.9. The van der Waals surface area contributed by atoms with Gasteiger partial charge in [0.1, 0.15) is 0 Å². The molecule has 3 nitrogen and oxygen atoms in total. The zero-order valence-electron chi connectivity index (χ0n) is 9.46. The molecule has 1 aromatic carbocycles. The van der Waals surface area contributed by atoms with Gasteiger partial charge in [0, 0.05) is 16.2 Å². The van der Waals surface area contributed by atoms with Gasteiger partial charge in [-0.25, -0.2) is 0 Å². The minimum Gasteiger partial charge on any atom is -0.493 e. The lowest BCUT2D eigenvalue weighted by atomic mass is 10.1. The number of rotatable bonds is 5. The number of hydrogen-bond acceptors (Lipinski definition) is 3. The fourth-order valence-electron chi connectivity index (χ4n) is 1.74. The molecule has 0 radical (unpaired) electrons. The SMILES string of the molecule is COCOc1c(OC)ccc(I)c1C1CC1. The molecule has 0 atom stereocenters. The first-order chi connectivity index (χ1) is 7.77. The van der Waals surface area contributed by atoms with Gasteiger partial charge in [-0.05, 0) is 53.5 Å². The van der Waals surface area contributed by atoms with Crippen molar-refractivity contribution in [3.05, 3.63) is 21.3 Å². The van der Waals surface area contributed by atoms with E-state index < -0.39 is 0 Å². The molecule has 0 unspecified atom stereocenters. The molecule has 0 heterocycles. The highest BCUT2D eigenvalue weighted by Gasteiger charge is 2.30. The van der Waals surface area contributed by atoms with Crippen LogP contribution in [0.15, 0.2) is 12.1 Å². The summed E-state index contributed by atoms with van der Waals surface area (Å²) in [6.07, 6.45) is 2.49. The van der Waals surface area contributed by atoms with E-state index in [2.05, 4.69) is 28.7 Å². The van der Waals surface area contributed by atoms with Crippen LogP contribution >= 0.6 is 22.6 Å². The molecular weight excluding hydrogens is 319 g/mol. The first-order valence-corrected chi connectivity index (χ1v) is 6.34. The largest absolute Gasteiger partial charge is 0.493 e. The summed E-state index contributed by atoms with van der Waals surface area (Å²) in [5.41, 5.74) is 1.28. The van der Waals surface area contributed by atoms with Gasteiger partial charge in [-0.3, -0.25) is 0 Å². The molecule has 0 N–H and O–H groups in total. The van der Waals surface area contributed by atoms with E-state index in [1.165, 1.54) is 22.0 Å². The summed E-state index contributed by atoms with van der Waals surface area (Å²) in [5, 5.41) is 0. The van der Waals surface area contributed by atoms with Crippen LogP contribution in [0.4, 0.5) is 0 Å². The van der Waals surface area contributed by atoms with Gasteiger partial charge in [0.15, 0.2) is 18.3 Å². The van der Waals surface area contributed by atoms with Crippen LogP contribution in [-0.4, -0.2) is 21.0 Å². The van der Waals surface area contributed by atoms with Gasteiger partial charge >= 0.3 is 0 Å². The average Bonchev–Trinajstić information content (AvgIpc) is 3.10. The zero-order chi connectivity index (χ0) is 11.5.